The predicted octanol–water partition coefficient (Wildman–Crippen LogP) is 4.39. The van der Waals surface area contributed by atoms with Gasteiger partial charge < -0.3 is 0 Å². The van der Waals surface area contributed by atoms with Gasteiger partial charge in [0.1, 0.15) is 11.6 Å². The average Bonchev–Trinajstić information content (AvgIpc) is 2.20. The summed E-state index contributed by atoms with van der Waals surface area (Å²) in [5.74, 6) is -0.651. The molecule has 0 radical (unpaired) electrons. The number of benzene rings is 2. The van der Waals surface area contributed by atoms with Crippen LogP contribution in [0.1, 0.15) is 0 Å². The molecule has 76 valence electrons. The molecule has 0 nitrogen and oxygen atoms in total. The third-order valence-electron chi connectivity index (χ3n) is 2.10. The third-order valence-corrected chi connectivity index (χ3v) is 2.76. The second-order valence-electron chi connectivity index (χ2n) is 3.10. The van der Waals surface area contributed by atoms with Crippen LogP contribution in [0.5, 0.6) is 0 Å². The van der Waals surface area contributed by atoms with Gasteiger partial charge in [-0.25, -0.2) is 8.78 Å². The van der Waals surface area contributed by atoms with E-state index in [-0.39, 0.29) is 11.6 Å². The van der Waals surface area contributed by atoms with Gasteiger partial charge in [-0.05, 0) is 29.8 Å². The van der Waals surface area contributed by atoms with Crippen LogP contribution in [0.25, 0.3) is 11.1 Å². The molecule has 2 aromatic rings. The van der Waals surface area contributed by atoms with Gasteiger partial charge in [-0.15, -0.1) is 0 Å². The molecule has 0 aliphatic rings. The van der Waals surface area contributed by atoms with Crippen molar-refractivity contribution in [2.24, 2.45) is 0 Å². The van der Waals surface area contributed by atoms with Crippen LogP contribution in [0.4, 0.5) is 8.78 Å². The van der Waals surface area contributed by atoms with E-state index in [2.05, 4.69) is 15.9 Å². The maximum atomic E-state index is 13.5. The minimum Gasteiger partial charge on any atom is -0.207 e. The molecule has 0 amide bonds. The lowest BCUT2D eigenvalue weighted by Crippen LogP contribution is -1.86. The highest BCUT2D eigenvalue weighted by molar-refractivity contribution is 9.10. The van der Waals surface area contributed by atoms with Crippen molar-refractivity contribution >= 4 is 15.9 Å². The Labute approximate surface area is 94.7 Å². The summed E-state index contributed by atoms with van der Waals surface area (Å²) in [6.45, 7) is 0. The Kier molecular flexibility index (Phi) is 2.82. The zero-order valence-electron chi connectivity index (χ0n) is 7.68. The summed E-state index contributed by atoms with van der Waals surface area (Å²) in [5, 5.41) is 0. The quantitative estimate of drug-likeness (QED) is 0.720. The highest BCUT2D eigenvalue weighted by atomic mass is 79.9. The first-order valence-electron chi connectivity index (χ1n) is 4.38. The first kappa shape index (κ1) is 10.3. The van der Waals surface area contributed by atoms with Gasteiger partial charge in [-0.1, -0.05) is 34.1 Å². The molecule has 0 heterocycles. The topological polar surface area (TPSA) is 0 Å². The fraction of sp³-hybridized carbons (Fsp3) is 0. The first-order chi connectivity index (χ1) is 7.18. The minimum atomic E-state index is -0.328. The Morgan fingerprint density at radius 1 is 0.867 bits per heavy atom. The van der Waals surface area contributed by atoms with Crippen molar-refractivity contribution in [1.82, 2.24) is 0 Å². The first-order valence-corrected chi connectivity index (χ1v) is 5.18. The molecule has 2 aromatic carbocycles. The summed E-state index contributed by atoms with van der Waals surface area (Å²) in [7, 11) is 0. The van der Waals surface area contributed by atoms with Gasteiger partial charge in [0.15, 0.2) is 0 Å². The third kappa shape index (κ3) is 2.07. The van der Waals surface area contributed by atoms with Gasteiger partial charge >= 0.3 is 0 Å². The molecule has 0 saturated heterocycles. The van der Waals surface area contributed by atoms with Gasteiger partial charge in [0.05, 0.1) is 0 Å². The van der Waals surface area contributed by atoms with E-state index < -0.39 is 0 Å². The molecule has 0 atom stereocenters. The largest absolute Gasteiger partial charge is 0.207 e. The summed E-state index contributed by atoms with van der Waals surface area (Å²) in [5.41, 5.74) is 1.11. The van der Waals surface area contributed by atoms with Gasteiger partial charge in [-0.2, -0.15) is 0 Å². The predicted molar refractivity (Wildman–Crippen MR) is 59.5 cm³/mol. The summed E-state index contributed by atoms with van der Waals surface area (Å²) in [4.78, 5) is 0. The Bertz CT molecular complexity index is 457. The second kappa shape index (κ2) is 4.11. The van der Waals surface area contributed by atoms with Crippen LogP contribution in [-0.4, -0.2) is 0 Å². The summed E-state index contributed by atoms with van der Waals surface area (Å²) < 4.78 is 26.9. The monoisotopic (exact) mass is 268 g/mol. The number of rotatable bonds is 1. The van der Waals surface area contributed by atoms with Crippen LogP contribution >= 0.6 is 15.9 Å². The molecule has 0 aromatic heterocycles. The Morgan fingerprint density at radius 3 is 2.13 bits per heavy atom. The molecule has 0 N–H and O–H groups in total. The van der Waals surface area contributed by atoms with E-state index in [0.29, 0.717) is 15.6 Å². The Balaban J connectivity index is 2.58. The Morgan fingerprint density at radius 2 is 1.53 bits per heavy atom. The average molecular weight is 269 g/mol. The molecule has 0 unspecified atom stereocenters. The van der Waals surface area contributed by atoms with Crippen LogP contribution in [0.2, 0.25) is 0 Å². The summed E-state index contributed by atoms with van der Waals surface area (Å²) in [6.07, 6.45) is 0. The van der Waals surface area contributed by atoms with Crippen LogP contribution in [0.15, 0.2) is 46.9 Å². The lowest BCUT2D eigenvalue weighted by atomic mass is 10.1. The van der Waals surface area contributed by atoms with Crippen molar-refractivity contribution in [3.8, 4) is 11.1 Å². The fourth-order valence-electron chi connectivity index (χ4n) is 1.39. The lowest BCUT2D eigenvalue weighted by Gasteiger charge is -2.05. The molecule has 0 bridgehead atoms. The molecule has 0 aliphatic heterocycles. The van der Waals surface area contributed by atoms with E-state index in [9.17, 15) is 8.78 Å². The number of hydrogen-bond donors (Lipinski definition) is 0. The van der Waals surface area contributed by atoms with Gasteiger partial charge in [0, 0.05) is 10.0 Å². The van der Waals surface area contributed by atoms with E-state index >= 15 is 0 Å². The summed E-state index contributed by atoms with van der Waals surface area (Å²) >= 11 is 3.27. The molecule has 0 saturated carbocycles. The SMILES string of the molecule is Fc1ccc(-c2c(F)cccc2Br)cc1. The molecule has 2 rings (SSSR count). The van der Waals surface area contributed by atoms with Crippen molar-refractivity contribution in [2.75, 3.05) is 0 Å². The summed E-state index contributed by atoms with van der Waals surface area (Å²) in [6, 6.07) is 10.5. The minimum absolute atomic E-state index is 0.323. The van der Waals surface area contributed by atoms with Crippen LogP contribution in [-0.2, 0) is 0 Å². The molecular weight excluding hydrogens is 262 g/mol. The smallest absolute Gasteiger partial charge is 0.132 e. The zero-order chi connectivity index (χ0) is 10.8. The zero-order valence-corrected chi connectivity index (χ0v) is 9.26. The maximum Gasteiger partial charge on any atom is 0.132 e. The van der Waals surface area contributed by atoms with E-state index in [4.69, 9.17) is 0 Å². The maximum absolute atomic E-state index is 13.5. The van der Waals surface area contributed by atoms with E-state index in [1.165, 1.54) is 18.2 Å². The normalized spacial score (nSPS) is 10.3. The van der Waals surface area contributed by atoms with Gasteiger partial charge in [-0.3, -0.25) is 0 Å². The highest BCUT2D eigenvalue weighted by Gasteiger charge is 2.08. The highest BCUT2D eigenvalue weighted by Crippen LogP contribution is 2.30. The second-order valence-corrected chi connectivity index (χ2v) is 3.96. The van der Waals surface area contributed by atoms with Crippen LogP contribution in [0, 0.1) is 11.6 Å². The number of hydrogen-bond acceptors (Lipinski definition) is 0. The molecule has 0 spiro atoms. The molecule has 0 aliphatic carbocycles. The fourth-order valence-corrected chi connectivity index (χ4v) is 1.96. The van der Waals surface area contributed by atoms with E-state index in [0.717, 1.165) is 0 Å². The van der Waals surface area contributed by atoms with Gasteiger partial charge in [0.2, 0.25) is 0 Å². The lowest BCUT2D eigenvalue weighted by molar-refractivity contribution is 0.625. The standard InChI is InChI=1S/C12H7BrF2/c13-10-2-1-3-11(15)12(10)8-4-6-9(14)7-5-8/h1-7H. The van der Waals surface area contributed by atoms with Crippen molar-refractivity contribution in [1.29, 1.82) is 0 Å². The molecule has 0 fully saturated rings. The van der Waals surface area contributed by atoms with E-state index in [1.54, 1.807) is 24.3 Å². The number of halogens is 3. The van der Waals surface area contributed by atoms with E-state index in [1.807, 2.05) is 0 Å². The van der Waals surface area contributed by atoms with Crippen molar-refractivity contribution in [2.45, 2.75) is 0 Å². The molecule has 3 heteroatoms. The van der Waals surface area contributed by atoms with Gasteiger partial charge in [0.25, 0.3) is 0 Å². The Hall–Kier alpha value is -1.22. The molecule has 15 heavy (non-hydrogen) atoms. The van der Waals surface area contributed by atoms with Crippen molar-refractivity contribution in [3.05, 3.63) is 58.6 Å². The van der Waals surface area contributed by atoms with Crippen LogP contribution in [0.3, 0.4) is 0 Å². The van der Waals surface area contributed by atoms with Crippen molar-refractivity contribution < 1.29 is 8.78 Å². The van der Waals surface area contributed by atoms with Crippen LogP contribution < -0.4 is 0 Å². The van der Waals surface area contributed by atoms with Crippen molar-refractivity contribution in [3.63, 3.8) is 0 Å². The molecular formula is C12H7BrF2.